The Bertz CT molecular complexity index is 1080. The van der Waals surface area contributed by atoms with E-state index in [2.05, 4.69) is 29.4 Å². The molecule has 170 valence electrons. The number of hydrogen-bond donors (Lipinski definition) is 1. The largest absolute Gasteiger partial charge is 0.484 e. The maximum Gasteiger partial charge on any atom is 0.234 e. The molecule has 0 spiro atoms. The highest BCUT2D eigenvalue weighted by Gasteiger charge is 2.20. The Morgan fingerprint density at radius 1 is 1.16 bits per heavy atom. The normalized spacial score (nSPS) is 11.1. The Hall–Kier alpha value is -2.65. The summed E-state index contributed by atoms with van der Waals surface area (Å²) in [6, 6.07) is 10.5. The Labute approximate surface area is 194 Å². The van der Waals surface area contributed by atoms with Crippen molar-refractivity contribution in [3.8, 4) is 5.75 Å². The van der Waals surface area contributed by atoms with Crippen molar-refractivity contribution in [2.45, 2.75) is 44.5 Å². The number of amides is 1. The zero-order valence-corrected chi connectivity index (χ0v) is 19.2. The number of anilines is 1. The molecule has 3 rings (SSSR count). The molecule has 0 atom stereocenters. The minimum absolute atomic E-state index is 0.0304. The van der Waals surface area contributed by atoms with Crippen molar-refractivity contribution in [2.75, 3.05) is 11.1 Å². The molecule has 32 heavy (non-hydrogen) atoms. The number of nitrogens with zero attached hydrogens (tertiary/aromatic N) is 3. The van der Waals surface area contributed by atoms with Crippen LogP contribution in [0.25, 0.3) is 0 Å². The first-order valence-corrected chi connectivity index (χ1v) is 11.5. The van der Waals surface area contributed by atoms with E-state index >= 15 is 0 Å². The molecular weight excluding hydrogens is 458 g/mol. The smallest absolute Gasteiger partial charge is 0.234 e. The molecule has 2 aromatic carbocycles. The molecule has 0 fully saturated rings. The number of nitrogens with one attached hydrogen (secondary N) is 1. The fraction of sp³-hybridized carbons (Fsp3) is 0.318. The first-order valence-electron chi connectivity index (χ1n) is 10.1. The molecule has 0 bridgehead atoms. The summed E-state index contributed by atoms with van der Waals surface area (Å²) in [5, 5.41) is 12.1. The monoisotopic (exact) mass is 480 g/mol. The van der Waals surface area contributed by atoms with Crippen molar-refractivity contribution < 1.29 is 18.3 Å². The third kappa shape index (κ3) is 5.98. The van der Waals surface area contributed by atoms with Gasteiger partial charge in [0.05, 0.1) is 10.8 Å². The van der Waals surface area contributed by atoms with Crippen LogP contribution in [0.5, 0.6) is 5.75 Å². The maximum absolute atomic E-state index is 13.3. The summed E-state index contributed by atoms with van der Waals surface area (Å²) >= 11 is 7.38. The van der Waals surface area contributed by atoms with Crippen LogP contribution in [0.4, 0.5) is 14.5 Å². The lowest BCUT2D eigenvalue weighted by Crippen LogP contribution is -2.17. The van der Waals surface area contributed by atoms with Gasteiger partial charge in [0.15, 0.2) is 22.6 Å². The number of carbonyl (C=O) groups is 1. The minimum atomic E-state index is -1.02. The maximum atomic E-state index is 13.3. The average Bonchev–Trinajstić information content (AvgIpc) is 3.18. The Kier molecular flexibility index (Phi) is 8.46. The first-order chi connectivity index (χ1) is 15.4. The standard InChI is InChI=1S/C22H23ClF2N4O2S/c1-3-15(4-2)29-20(12-31-19-8-6-5-7-16(19)23)27-28-22(29)32-13-21(30)26-14-9-10-17(24)18(25)11-14/h5-11,15H,3-4,12-13H2,1-2H3,(H,26,30). The summed E-state index contributed by atoms with van der Waals surface area (Å²) in [4.78, 5) is 12.3. The predicted octanol–water partition coefficient (Wildman–Crippen LogP) is 5.88. The highest BCUT2D eigenvalue weighted by molar-refractivity contribution is 7.99. The number of benzene rings is 2. The van der Waals surface area contributed by atoms with Crippen molar-refractivity contribution in [3.05, 3.63) is 64.9 Å². The van der Waals surface area contributed by atoms with E-state index in [0.29, 0.717) is 21.8 Å². The van der Waals surface area contributed by atoms with Crippen LogP contribution in [0.1, 0.15) is 38.6 Å². The zero-order chi connectivity index (χ0) is 23.1. The number of halogens is 3. The van der Waals surface area contributed by atoms with Gasteiger partial charge in [-0.2, -0.15) is 0 Å². The summed E-state index contributed by atoms with van der Waals surface area (Å²) in [6.07, 6.45) is 1.70. The number of thioether (sulfide) groups is 1. The molecule has 1 aromatic heterocycles. The van der Waals surface area contributed by atoms with Crippen LogP contribution in [0.2, 0.25) is 5.02 Å². The topological polar surface area (TPSA) is 69.0 Å². The lowest BCUT2D eigenvalue weighted by molar-refractivity contribution is -0.113. The van der Waals surface area contributed by atoms with E-state index in [1.165, 1.54) is 17.8 Å². The summed E-state index contributed by atoms with van der Waals surface area (Å²) in [6.45, 7) is 4.31. The van der Waals surface area contributed by atoms with E-state index in [0.717, 1.165) is 25.0 Å². The molecule has 0 aliphatic rings. The van der Waals surface area contributed by atoms with Crippen LogP contribution in [0.3, 0.4) is 0 Å². The van der Waals surface area contributed by atoms with E-state index in [4.69, 9.17) is 16.3 Å². The van der Waals surface area contributed by atoms with Crippen molar-refractivity contribution in [2.24, 2.45) is 0 Å². The molecule has 1 amide bonds. The SMILES string of the molecule is CCC(CC)n1c(COc2ccccc2Cl)nnc1SCC(=O)Nc1ccc(F)c(F)c1. The summed E-state index contributed by atoms with van der Waals surface area (Å²) in [5.41, 5.74) is 0.185. The lowest BCUT2D eigenvalue weighted by Gasteiger charge is -2.19. The van der Waals surface area contributed by atoms with E-state index in [1.807, 2.05) is 16.7 Å². The van der Waals surface area contributed by atoms with Crippen LogP contribution in [0.15, 0.2) is 47.6 Å². The third-order valence-electron chi connectivity index (χ3n) is 4.77. The van der Waals surface area contributed by atoms with Gasteiger partial charge in [-0.1, -0.05) is 49.3 Å². The second-order valence-corrected chi connectivity index (χ2v) is 8.27. The Balaban J connectivity index is 1.70. The van der Waals surface area contributed by atoms with Gasteiger partial charge in [0.1, 0.15) is 12.4 Å². The zero-order valence-electron chi connectivity index (χ0n) is 17.6. The summed E-state index contributed by atoms with van der Waals surface area (Å²) in [7, 11) is 0. The number of aromatic nitrogens is 3. The van der Waals surface area contributed by atoms with Gasteiger partial charge in [0.2, 0.25) is 5.91 Å². The highest BCUT2D eigenvalue weighted by Crippen LogP contribution is 2.28. The third-order valence-corrected chi connectivity index (χ3v) is 6.03. The fourth-order valence-electron chi connectivity index (χ4n) is 3.13. The minimum Gasteiger partial charge on any atom is -0.484 e. The van der Waals surface area contributed by atoms with Crippen LogP contribution < -0.4 is 10.1 Å². The van der Waals surface area contributed by atoms with Crippen LogP contribution >= 0.6 is 23.4 Å². The average molecular weight is 481 g/mol. The van der Waals surface area contributed by atoms with Crippen LogP contribution in [-0.4, -0.2) is 26.4 Å². The molecule has 0 saturated heterocycles. The van der Waals surface area contributed by atoms with Crippen LogP contribution in [-0.2, 0) is 11.4 Å². The Morgan fingerprint density at radius 3 is 2.59 bits per heavy atom. The van der Waals surface area contributed by atoms with Crippen molar-refractivity contribution in [1.29, 1.82) is 0 Å². The molecule has 0 unspecified atom stereocenters. The van der Waals surface area contributed by atoms with Gasteiger partial charge < -0.3 is 14.6 Å². The van der Waals surface area contributed by atoms with Crippen molar-refractivity contribution in [3.63, 3.8) is 0 Å². The molecule has 10 heteroatoms. The molecule has 1 N–H and O–H groups in total. The molecule has 1 heterocycles. The Morgan fingerprint density at radius 2 is 1.91 bits per heavy atom. The number of hydrogen-bond acceptors (Lipinski definition) is 5. The molecule has 0 aliphatic carbocycles. The van der Waals surface area contributed by atoms with Gasteiger partial charge in [-0.3, -0.25) is 4.79 Å². The van der Waals surface area contributed by atoms with Gasteiger partial charge in [-0.05, 0) is 37.1 Å². The molecular formula is C22H23ClF2N4O2S. The molecule has 0 aliphatic heterocycles. The highest BCUT2D eigenvalue weighted by atomic mass is 35.5. The van der Waals surface area contributed by atoms with E-state index in [9.17, 15) is 13.6 Å². The first kappa shape index (κ1) is 24.0. The van der Waals surface area contributed by atoms with Crippen molar-refractivity contribution >= 4 is 35.0 Å². The summed E-state index contributed by atoms with van der Waals surface area (Å²) in [5.74, 6) is -1.15. The summed E-state index contributed by atoms with van der Waals surface area (Å²) < 4.78 is 34.2. The second-order valence-electron chi connectivity index (χ2n) is 6.92. The quantitative estimate of drug-likeness (QED) is 0.367. The lowest BCUT2D eigenvalue weighted by atomic mass is 10.2. The second kappa shape index (κ2) is 11.3. The van der Waals surface area contributed by atoms with Gasteiger partial charge in [-0.15, -0.1) is 10.2 Å². The number of carbonyl (C=O) groups excluding carboxylic acids is 1. The molecule has 6 nitrogen and oxygen atoms in total. The van der Waals surface area contributed by atoms with Crippen molar-refractivity contribution in [1.82, 2.24) is 14.8 Å². The number of para-hydroxylation sites is 1. The van der Waals surface area contributed by atoms with E-state index < -0.39 is 11.6 Å². The number of rotatable bonds is 10. The van der Waals surface area contributed by atoms with E-state index in [1.54, 1.807) is 12.1 Å². The fourth-order valence-corrected chi connectivity index (χ4v) is 4.14. The molecule has 0 saturated carbocycles. The molecule has 3 aromatic rings. The van der Waals surface area contributed by atoms with Gasteiger partial charge >= 0.3 is 0 Å². The van der Waals surface area contributed by atoms with Gasteiger partial charge in [0.25, 0.3) is 0 Å². The van der Waals surface area contributed by atoms with Gasteiger partial charge in [0, 0.05) is 17.8 Å². The van der Waals surface area contributed by atoms with Crippen LogP contribution in [0, 0.1) is 11.6 Å². The predicted molar refractivity (Wildman–Crippen MR) is 121 cm³/mol. The van der Waals surface area contributed by atoms with Gasteiger partial charge in [-0.25, -0.2) is 8.78 Å². The number of ether oxygens (including phenoxy) is 1. The molecule has 0 radical (unpaired) electrons. The van der Waals surface area contributed by atoms with E-state index in [-0.39, 0.29) is 30.0 Å².